The molecule has 0 saturated heterocycles. The Bertz CT molecular complexity index is 2850. The quantitative estimate of drug-likeness (QED) is 0.0957. The van der Waals surface area contributed by atoms with Crippen molar-refractivity contribution in [3.63, 3.8) is 0 Å². The van der Waals surface area contributed by atoms with Crippen LogP contribution in [0.15, 0.2) is 94.6 Å². The van der Waals surface area contributed by atoms with Gasteiger partial charge in [0.05, 0.1) is 28.4 Å². The van der Waals surface area contributed by atoms with E-state index < -0.39 is 87.4 Å². The number of hydrogen-bond donors (Lipinski definition) is 5. The van der Waals surface area contributed by atoms with Gasteiger partial charge in [-0.3, -0.25) is 18.5 Å². The Hall–Kier alpha value is -4.83. The van der Waals surface area contributed by atoms with Crippen molar-refractivity contribution in [1.29, 1.82) is 0 Å². The van der Waals surface area contributed by atoms with Gasteiger partial charge in [-0.25, -0.2) is 13.2 Å². The number of rotatable bonds is 15. The lowest BCUT2D eigenvalue weighted by Crippen LogP contribution is -2.55. The van der Waals surface area contributed by atoms with Crippen LogP contribution in [-0.4, -0.2) is 85.4 Å². The standard InChI is InChI=1S/C44H49F3N2O12S3/c1-42(2)32-26-31(64(59,60)61)12-14-36(32)48(18-6-20-62(53,54)55)38(42)15-11-28-8-5-9-29(40(28)41-34(46)24-30(45)25-35(41)47)16-17-44(52)43(3,4)33-22-27(23-39(50)51)10-13-37(33)49(44)19-7-21-63(56,57)58/h10-17,22,24-26,52H,5-9,18-21,23H2,1-4H3,(H,50,51)(H,53,54,55)(H,56,57,58)(H,59,60,61)/b17-16+,28-11+,38-15+. The zero-order valence-corrected chi connectivity index (χ0v) is 37.8. The van der Waals surface area contributed by atoms with E-state index in [0.717, 1.165) is 0 Å². The molecule has 0 bridgehead atoms. The van der Waals surface area contributed by atoms with Crippen LogP contribution >= 0.6 is 0 Å². The molecule has 64 heavy (non-hydrogen) atoms. The zero-order valence-electron chi connectivity index (χ0n) is 35.3. The molecular weight excluding hydrogens is 902 g/mol. The van der Waals surface area contributed by atoms with E-state index >= 15 is 8.78 Å². The highest BCUT2D eigenvalue weighted by atomic mass is 32.2. The summed E-state index contributed by atoms with van der Waals surface area (Å²) in [4.78, 5) is 14.5. The molecule has 2 heterocycles. The Labute approximate surface area is 370 Å². The number of aliphatic hydroxyl groups is 1. The SMILES string of the molecule is CC1(C)/C(=C\C=C2/CCCC(/C=C/C3(O)N(CCCS(=O)(=O)O)c4ccc(CC(=O)O)cc4C3(C)C)=C2c2c(F)cc(F)cc2F)N(CCCS(=O)(=O)O)c2ccc(S(=O)(=O)O)cc21. The van der Waals surface area contributed by atoms with Gasteiger partial charge in [-0.2, -0.15) is 25.3 Å². The van der Waals surface area contributed by atoms with Crippen molar-refractivity contribution < 1.29 is 67.1 Å². The Morgan fingerprint density at radius 1 is 0.781 bits per heavy atom. The van der Waals surface area contributed by atoms with E-state index in [1.807, 2.05) is 0 Å². The van der Waals surface area contributed by atoms with Crippen LogP contribution in [0.3, 0.4) is 0 Å². The fourth-order valence-electron chi connectivity index (χ4n) is 9.04. The molecule has 6 rings (SSSR count). The van der Waals surface area contributed by atoms with E-state index in [-0.39, 0.29) is 55.7 Å². The highest BCUT2D eigenvalue weighted by Gasteiger charge is 2.54. The number of carboxylic acid groups (broad SMARTS) is 1. The van der Waals surface area contributed by atoms with Gasteiger partial charge in [0.25, 0.3) is 30.4 Å². The number of carbonyl (C=O) groups is 1. The largest absolute Gasteiger partial charge is 0.481 e. The lowest BCUT2D eigenvalue weighted by atomic mass is 9.76. The first-order chi connectivity index (χ1) is 29.5. The second kappa shape index (κ2) is 17.5. The number of hydrogen-bond acceptors (Lipinski definition) is 10. The third-order valence-corrected chi connectivity index (χ3v) is 14.7. The number of anilines is 2. The van der Waals surface area contributed by atoms with Crippen LogP contribution in [0.4, 0.5) is 24.5 Å². The Morgan fingerprint density at radius 3 is 1.98 bits per heavy atom. The fourth-order valence-corrected chi connectivity index (χ4v) is 10.5. The summed E-state index contributed by atoms with van der Waals surface area (Å²) in [5, 5.41) is 22.3. The van der Waals surface area contributed by atoms with Crippen LogP contribution in [-0.2, 0) is 52.4 Å². The first-order valence-corrected chi connectivity index (χ1v) is 24.8. The Balaban J connectivity index is 1.53. The first-order valence-electron chi connectivity index (χ1n) is 20.2. The number of allylic oxidation sites excluding steroid dienone is 7. The van der Waals surface area contributed by atoms with Crippen LogP contribution in [0, 0.1) is 17.5 Å². The van der Waals surface area contributed by atoms with Crippen LogP contribution in [0.5, 0.6) is 0 Å². The predicted octanol–water partition coefficient (Wildman–Crippen LogP) is 7.12. The number of halogens is 3. The number of fused-ring (bicyclic) bond motifs is 2. The molecule has 5 N–H and O–H groups in total. The van der Waals surface area contributed by atoms with Gasteiger partial charge in [-0.05, 0) is 102 Å². The van der Waals surface area contributed by atoms with E-state index in [2.05, 4.69) is 0 Å². The number of nitrogens with zero attached hydrogens (tertiary/aromatic N) is 2. The van der Waals surface area contributed by atoms with Crippen molar-refractivity contribution in [2.75, 3.05) is 34.4 Å². The van der Waals surface area contributed by atoms with Gasteiger partial charge in [-0.1, -0.05) is 52.0 Å². The highest BCUT2D eigenvalue weighted by molar-refractivity contribution is 7.86. The third-order valence-electron chi connectivity index (χ3n) is 12.2. The molecule has 3 aliphatic rings. The van der Waals surface area contributed by atoms with Gasteiger partial charge in [0, 0.05) is 53.1 Å². The minimum absolute atomic E-state index is 0.0175. The van der Waals surface area contributed by atoms with E-state index in [9.17, 15) is 58.3 Å². The van der Waals surface area contributed by atoms with Crippen molar-refractivity contribution in [1.82, 2.24) is 0 Å². The normalized spacial score (nSPS) is 21.0. The van der Waals surface area contributed by atoms with Gasteiger partial charge in [-0.15, -0.1) is 0 Å². The van der Waals surface area contributed by atoms with Crippen molar-refractivity contribution >= 4 is 53.3 Å². The van der Waals surface area contributed by atoms with Gasteiger partial charge < -0.3 is 20.0 Å². The smallest absolute Gasteiger partial charge is 0.307 e. The van der Waals surface area contributed by atoms with E-state index in [4.69, 9.17) is 0 Å². The average molecular weight is 951 g/mol. The van der Waals surface area contributed by atoms with Crippen LogP contribution in [0.25, 0.3) is 5.57 Å². The maximum absolute atomic E-state index is 16.0. The summed E-state index contributed by atoms with van der Waals surface area (Å²) in [5.41, 5.74) is -1.26. The van der Waals surface area contributed by atoms with Gasteiger partial charge >= 0.3 is 5.97 Å². The molecule has 1 aliphatic carbocycles. The average Bonchev–Trinajstić information content (AvgIpc) is 3.46. The van der Waals surface area contributed by atoms with Crippen molar-refractivity contribution in [2.24, 2.45) is 0 Å². The predicted molar refractivity (Wildman–Crippen MR) is 234 cm³/mol. The van der Waals surface area contributed by atoms with Crippen molar-refractivity contribution in [3.05, 3.63) is 129 Å². The van der Waals surface area contributed by atoms with Gasteiger partial charge in [0.15, 0.2) is 5.72 Å². The summed E-state index contributed by atoms with van der Waals surface area (Å²) in [6.07, 6.45) is 6.49. The van der Waals surface area contributed by atoms with E-state index in [1.165, 1.54) is 35.3 Å². The molecule has 0 fully saturated rings. The lowest BCUT2D eigenvalue weighted by molar-refractivity contribution is -0.136. The van der Waals surface area contributed by atoms with Crippen molar-refractivity contribution in [2.45, 2.75) is 87.7 Å². The molecule has 1 atom stereocenters. The van der Waals surface area contributed by atoms with Crippen molar-refractivity contribution in [3.8, 4) is 0 Å². The molecule has 0 radical (unpaired) electrons. The monoisotopic (exact) mass is 950 g/mol. The maximum atomic E-state index is 16.0. The Kier molecular flexibility index (Phi) is 13.3. The molecule has 20 heteroatoms. The summed E-state index contributed by atoms with van der Waals surface area (Å²) in [7, 11) is -13.4. The minimum atomic E-state index is -4.64. The van der Waals surface area contributed by atoms with Crippen LogP contribution in [0.1, 0.15) is 82.1 Å². The summed E-state index contributed by atoms with van der Waals surface area (Å²) in [5.74, 6) is -5.94. The molecular formula is C44H49F3N2O12S3. The van der Waals surface area contributed by atoms with E-state index in [0.29, 0.717) is 63.5 Å². The molecule has 0 saturated carbocycles. The van der Waals surface area contributed by atoms with Crippen LogP contribution < -0.4 is 9.80 Å². The maximum Gasteiger partial charge on any atom is 0.307 e. The molecule has 3 aromatic carbocycles. The van der Waals surface area contributed by atoms with Gasteiger partial charge in [0.1, 0.15) is 17.5 Å². The summed E-state index contributed by atoms with van der Waals surface area (Å²) < 4.78 is 146. The summed E-state index contributed by atoms with van der Waals surface area (Å²) in [6, 6.07) is 9.80. The third kappa shape index (κ3) is 9.87. The molecule has 1 unspecified atom stereocenters. The minimum Gasteiger partial charge on any atom is -0.481 e. The van der Waals surface area contributed by atoms with E-state index in [1.54, 1.807) is 62.9 Å². The summed E-state index contributed by atoms with van der Waals surface area (Å²) >= 11 is 0. The molecule has 0 spiro atoms. The fraction of sp³-hybridized carbons (Fsp3) is 0.386. The zero-order chi connectivity index (χ0) is 47.4. The molecule has 346 valence electrons. The highest BCUT2D eigenvalue weighted by Crippen LogP contribution is 2.53. The number of carboxylic acids is 1. The molecule has 0 amide bonds. The number of aliphatic carboxylic acids is 1. The number of benzene rings is 3. The van der Waals surface area contributed by atoms with Crippen LogP contribution in [0.2, 0.25) is 0 Å². The second-order valence-electron chi connectivity index (χ2n) is 17.2. The molecule has 2 aliphatic heterocycles. The molecule has 0 aromatic heterocycles. The molecule has 3 aromatic rings. The first kappa shape index (κ1) is 48.6. The van der Waals surface area contributed by atoms with Gasteiger partial charge in [0.2, 0.25) is 0 Å². The summed E-state index contributed by atoms with van der Waals surface area (Å²) in [6.45, 7) is 6.81. The Morgan fingerprint density at radius 2 is 1.39 bits per heavy atom. The molecule has 14 nitrogen and oxygen atoms in total. The second-order valence-corrected chi connectivity index (χ2v) is 21.8. The lowest BCUT2D eigenvalue weighted by Gasteiger charge is -2.41. The topological polar surface area (TPSA) is 227 Å².